The van der Waals surface area contributed by atoms with Crippen LogP contribution in [0.15, 0.2) is 0 Å². The minimum absolute atomic E-state index is 0.0384. The first-order valence-corrected chi connectivity index (χ1v) is 6.75. The Bertz CT molecular complexity index is 257. The Morgan fingerprint density at radius 2 is 2.12 bits per heavy atom. The molecule has 1 aliphatic heterocycles. The zero-order valence-corrected chi connectivity index (χ0v) is 11.8. The second-order valence-corrected chi connectivity index (χ2v) is 5.35. The Morgan fingerprint density at radius 3 is 2.71 bits per heavy atom. The monoisotopic (exact) mass is 241 g/mol. The summed E-state index contributed by atoms with van der Waals surface area (Å²) in [7, 11) is 0. The molecular formula is C13H27N3O. The number of hydrogen-bond donors (Lipinski definition) is 2. The van der Waals surface area contributed by atoms with Crippen LogP contribution >= 0.6 is 0 Å². The van der Waals surface area contributed by atoms with Crippen molar-refractivity contribution in [3.63, 3.8) is 0 Å². The van der Waals surface area contributed by atoms with Crippen molar-refractivity contribution >= 4 is 5.91 Å². The molecule has 1 saturated heterocycles. The van der Waals surface area contributed by atoms with E-state index in [-0.39, 0.29) is 18.0 Å². The lowest BCUT2D eigenvalue weighted by atomic mass is 10.1. The summed E-state index contributed by atoms with van der Waals surface area (Å²) in [5.74, 6) is 0.153. The van der Waals surface area contributed by atoms with Crippen LogP contribution in [-0.2, 0) is 4.79 Å². The van der Waals surface area contributed by atoms with E-state index in [1.165, 1.54) is 0 Å². The highest BCUT2D eigenvalue weighted by Gasteiger charge is 2.30. The van der Waals surface area contributed by atoms with E-state index < -0.39 is 0 Å². The molecule has 0 aliphatic carbocycles. The van der Waals surface area contributed by atoms with Gasteiger partial charge in [-0.05, 0) is 34.1 Å². The van der Waals surface area contributed by atoms with Gasteiger partial charge < -0.3 is 10.6 Å². The molecule has 1 fully saturated rings. The Labute approximate surface area is 105 Å². The second-order valence-electron chi connectivity index (χ2n) is 5.35. The quantitative estimate of drug-likeness (QED) is 0.771. The van der Waals surface area contributed by atoms with Crippen molar-refractivity contribution in [3.8, 4) is 0 Å². The van der Waals surface area contributed by atoms with Gasteiger partial charge in [0.15, 0.2) is 0 Å². The van der Waals surface area contributed by atoms with Crippen molar-refractivity contribution in [3.05, 3.63) is 0 Å². The molecule has 0 aromatic heterocycles. The van der Waals surface area contributed by atoms with Crippen LogP contribution in [0.4, 0.5) is 0 Å². The number of piperazine rings is 1. The molecule has 4 atom stereocenters. The maximum Gasteiger partial charge on any atom is 0.237 e. The molecule has 0 aromatic rings. The first-order valence-electron chi connectivity index (χ1n) is 6.75. The van der Waals surface area contributed by atoms with Crippen molar-refractivity contribution < 1.29 is 4.79 Å². The molecule has 1 heterocycles. The summed E-state index contributed by atoms with van der Waals surface area (Å²) in [6.45, 7) is 12.4. The molecule has 0 bridgehead atoms. The molecule has 17 heavy (non-hydrogen) atoms. The lowest BCUT2D eigenvalue weighted by Crippen LogP contribution is -2.60. The summed E-state index contributed by atoms with van der Waals surface area (Å²) in [5.41, 5.74) is 0. The molecule has 100 valence electrons. The minimum atomic E-state index is -0.0384. The third-order valence-electron chi connectivity index (χ3n) is 3.69. The average Bonchev–Trinajstić information content (AvgIpc) is 2.31. The molecule has 0 radical (unpaired) electrons. The van der Waals surface area contributed by atoms with Crippen LogP contribution in [0.1, 0.15) is 41.0 Å². The van der Waals surface area contributed by atoms with E-state index in [9.17, 15) is 4.79 Å². The van der Waals surface area contributed by atoms with Gasteiger partial charge in [0.05, 0.1) is 6.04 Å². The molecule has 1 amide bonds. The Balaban J connectivity index is 2.55. The zero-order chi connectivity index (χ0) is 13.0. The van der Waals surface area contributed by atoms with E-state index in [0.717, 1.165) is 19.5 Å². The van der Waals surface area contributed by atoms with E-state index in [4.69, 9.17) is 0 Å². The van der Waals surface area contributed by atoms with Crippen LogP contribution in [0.3, 0.4) is 0 Å². The number of nitrogens with one attached hydrogen (secondary N) is 2. The fraction of sp³-hybridized carbons (Fsp3) is 0.923. The number of nitrogens with zero attached hydrogens (tertiary/aromatic N) is 1. The number of rotatable bonds is 4. The lowest BCUT2D eigenvalue weighted by molar-refractivity contribution is -0.127. The van der Waals surface area contributed by atoms with Gasteiger partial charge in [0.2, 0.25) is 5.91 Å². The van der Waals surface area contributed by atoms with Crippen LogP contribution in [0.25, 0.3) is 0 Å². The molecule has 0 aromatic carbocycles. The summed E-state index contributed by atoms with van der Waals surface area (Å²) in [6.07, 6.45) is 0.978. The van der Waals surface area contributed by atoms with Gasteiger partial charge >= 0.3 is 0 Å². The molecule has 0 spiro atoms. The largest absolute Gasteiger partial charge is 0.352 e. The first-order chi connectivity index (χ1) is 7.95. The van der Waals surface area contributed by atoms with Gasteiger partial charge in [0.1, 0.15) is 0 Å². The first kappa shape index (κ1) is 14.5. The third-order valence-corrected chi connectivity index (χ3v) is 3.69. The van der Waals surface area contributed by atoms with E-state index in [1.54, 1.807) is 0 Å². The molecule has 0 saturated carbocycles. The highest BCUT2D eigenvalue weighted by molar-refractivity contribution is 5.81. The predicted octanol–water partition coefficient (Wildman–Crippen LogP) is 0.972. The van der Waals surface area contributed by atoms with E-state index in [0.29, 0.717) is 12.1 Å². The van der Waals surface area contributed by atoms with Crippen molar-refractivity contribution in [2.45, 2.75) is 65.2 Å². The van der Waals surface area contributed by atoms with Gasteiger partial charge in [0, 0.05) is 31.2 Å². The highest BCUT2D eigenvalue weighted by atomic mass is 16.2. The van der Waals surface area contributed by atoms with Crippen molar-refractivity contribution in [2.24, 2.45) is 0 Å². The number of amides is 1. The van der Waals surface area contributed by atoms with Gasteiger partial charge in [0.25, 0.3) is 0 Å². The normalized spacial score (nSPS) is 29.7. The molecule has 4 nitrogen and oxygen atoms in total. The highest BCUT2D eigenvalue weighted by Crippen LogP contribution is 2.11. The molecule has 2 N–H and O–H groups in total. The van der Waals surface area contributed by atoms with Crippen LogP contribution in [0.5, 0.6) is 0 Å². The third kappa shape index (κ3) is 3.96. The fourth-order valence-corrected chi connectivity index (χ4v) is 2.21. The van der Waals surface area contributed by atoms with Crippen molar-refractivity contribution in [1.29, 1.82) is 0 Å². The zero-order valence-electron chi connectivity index (χ0n) is 11.8. The van der Waals surface area contributed by atoms with Gasteiger partial charge in [-0.15, -0.1) is 0 Å². The number of hydrogen-bond acceptors (Lipinski definition) is 3. The molecule has 1 rings (SSSR count). The molecule has 1 aliphatic rings. The summed E-state index contributed by atoms with van der Waals surface area (Å²) in [4.78, 5) is 14.4. The van der Waals surface area contributed by atoms with E-state index >= 15 is 0 Å². The molecule has 4 heteroatoms. The fourth-order valence-electron chi connectivity index (χ4n) is 2.21. The van der Waals surface area contributed by atoms with E-state index in [2.05, 4.69) is 43.2 Å². The van der Waals surface area contributed by atoms with Crippen molar-refractivity contribution in [1.82, 2.24) is 15.5 Å². The SMILES string of the molecule is CCC(C)NC(=O)C(C)N1CC(C)NCC1C. The van der Waals surface area contributed by atoms with Crippen molar-refractivity contribution in [2.75, 3.05) is 13.1 Å². The van der Waals surface area contributed by atoms with Crippen LogP contribution < -0.4 is 10.6 Å². The minimum Gasteiger partial charge on any atom is -0.352 e. The number of carbonyl (C=O) groups is 1. The Kier molecular flexibility index (Phi) is 5.40. The van der Waals surface area contributed by atoms with Crippen LogP contribution in [0, 0.1) is 0 Å². The second kappa shape index (κ2) is 6.36. The lowest BCUT2D eigenvalue weighted by Gasteiger charge is -2.40. The summed E-state index contributed by atoms with van der Waals surface area (Å²) < 4.78 is 0. The van der Waals surface area contributed by atoms with Gasteiger partial charge in [-0.25, -0.2) is 0 Å². The van der Waals surface area contributed by atoms with Gasteiger partial charge in [-0.1, -0.05) is 6.92 Å². The molecule has 4 unspecified atom stereocenters. The maximum absolute atomic E-state index is 12.1. The molecular weight excluding hydrogens is 214 g/mol. The summed E-state index contributed by atoms with van der Waals surface area (Å²) in [5, 5.41) is 6.50. The van der Waals surface area contributed by atoms with Gasteiger partial charge in [-0.2, -0.15) is 0 Å². The Morgan fingerprint density at radius 1 is 1.47 bits per heavy atom. The maximum atomic E-state index is 12.1. The smallest absolute Gasteiger partial charge is 0.237 e. The Hall–Kier alpha value is -0.610. The van der Waals surface area contributed by atoms with Gasteiger partial charge in [-0.3, -0.25) is 9.69 Å². The standard InChI is InChI=1S/C13H27N3O/c1-6-9(2)15-13(17)12(5)16-8-10(3)14-7-11(16)4/h9-12,14H,6-8H2,1-5H3,(H,15,17). The topological polar surface area (TPSA) is 44.4 Å². The average molecular weight is 241 g/mol. The predicted molar refractivity (Wildman–Crippen MR) is 71.0 cm³/mol. The summed E-state index contributed by atoms with van der Waals surface area (Å²) in [6, 6.07) is 1.11. The van der Waals surface area contributed by atoms with Crippen LogP contribution in [-0.4, -0.2) is 48.1 Å². The van der Waals surface area contributed by atoms with Crippen LogP contribution in [0.2, 0.25) is 0 Å². The number of carbonyl (C=O) groups excluding carboxylic acids is 1. The summed E-state index contributed by atoms with van der Waals surface area (Å²) >= 11 is 0. The van der Waals surface area contributed by atoms with E-state index in [1.807, 2.05) is 6.92 Å².